The molecule has 0 atom stereocenters. The van der Waals surface area contributed by atoms with Crippen molar-refractivity contribution in [3.63, 3.8) is 0 Å². The Labute approximate surface area is 99.1 Å². The number of rotatable bonds is 2. The molecule has 0 aliphatic carbocycles. The summed E-state index contributed by atoms with van der Waals surface area (Å²) in [5.41, 5.74) is 0.939. The van der Waals surface area contributed by atoms with Crippen molar-refractivity contribution in [2.75, 3.05) is 0 Å². The van der Waals surface area contributed by atoms with Crippen molar-refractivity contribution >= 4 is 12.6 Å². The van der Waals surface area contributed by atoms with Crippen LogP contribution in [0.1, 0.15) is 5.56 Å². The van der Waals surface area contributed by atoms with E-state index >= 15 is 0 Å². The van der Waals surface area contributed by atoms with Crippen LogP contribution in [0.15, 0.2) is 41.6 Å². The number of phenols is 1. The summed E-state index contributed by atoms with van der Waals surface area (Å²) in [5.74, 6) is 1.39. The molecule has 2 rings (SSSR count). The van der Waals surface area contributed by atoms with Gasteiger partial charge in [0.15, 0.2) is 0 Å². The molecular formula is C12H11NO2S. The summed E-state index contributed by atoms with van der Waals surface area (Å²) in [4.78, 5) is 4.00. The molecule has 0 radical (unpaired) electrons. The quantitative estimate of drug-likeness (QED) is 0.783. The second-order valence-electron chi connectivity index (χ2n) is 3.46. The van der Waals surface area contributed by atoms with E-state index in [0.29, 0.717) is 16.5 Å². The van der Waals surface area contributed by atoms with Crippen molar-refractivity contribution in [1.29, 1.82) is 0 Å². The highest BCUT2D eigenvalue weighted by Gasteiger charge is 2.00. The summed E-state index contributed by atoms with van der Waals surface area (Å²) >= 11 is 4.08. The van der Waals surface area contributed by atoms with Gasteiger partial charge in [0.05, 0.1) is 11.2 Å². The zero-order chi connectivity index (χ0) is 11.5. The van der Waals surface area contributed by atoms with Crippen LogP contribution < -0.4 is 4.74 Å². The number of ether oxygens (including phenoxy) is 1. The minimum absolute atomic E-state index is 0.189. The molecule has 0 saturated carbocycles. The highest BCUT2D eigenvalue weighted by Crippen LogP contribution is 2.26. The van der Waals surface area contributed by atoms with Gasteiger partial charge in [-0.25, -0.2) is 4.98 Å². The SMILES string of the molecule is Cc1cc(O)cc(Oc2ccc(S)nc2)c1. The van der Waals surface area contributed by atoms with Gasteiger partial charge >= 0.3 is 0 Å². The van der Waals surface area contributed by atoms with Crippen molar-refractivity contribution in [3.05, 3.63) is 42.1 Å². The van der Waals surface area contributed by atoms with Crippen LogP contribution in [0.2, 0.25) is 0 Å². The predicted octanol–water partition coefficient (Wildman–Crippen LogP) is 3.18. The molecule has 1 N–H and O–H groups in total. The molecule has 4 heteroatoms. The van der Waals surface area contributed by atoms with Crippen LogP contribution in [-0.2, 0) is 0 Å². The van der Waals surface area contributed by atoms with E-state index in [1.807, 2.05) is 13.0 Å². The van der Waals surface area contributed by atoms with Gasteiger partial charge in [-0.1, -0.05) is 0 Å². The number of benzene rings is 1. The van der Waals surface area contributed by atoms with Crippen LogP contribution in [0, 0.1) is 6.92 Å². The van der Waals surface area contributed by atoms with Crippen LogP contribution in [0.25, 0.3) is 0 Å². The molecule has 82 valence electrons. The Morgan fingerprint density at radius 2 is 2.00 bits per heavy atom. The molecular weight excluding hydrogens is 222 g/mol. The third-order valence-electron chi connectivity index (χ3n) is 1.99. The Balaban J connectivity index is 2.23. The standard InChI is InChI=1S/C12H11NO2S/c1-8-4-9(14)6-11(5-8)15-10-2-3-12(16)13-7-10/h2-7,14H,1H3,(H,13,16). The van der Waals surface area contributed by atoms with E-state index in [1.165, 1.54) is 0 Å². The molecule has 1 aromatic carbocycles. The van der Waals surface area contributed by atoms with E-state index in [1.54, 1.807) is 30.5 Å². The topological polar surface area (TPSA) is 42.4 Å². The van der Waals surface area contributed by atoms with Crippen LogP contribution in [0.5, 0.6) is 17.2 Å². The fraction of sp³-hybridized carbons (Fsp3) is 0.0833. The van der Waals surface area contributed by atoms with Gasteiger partial charge in [-0.3, -0.25) is 0 Å². The van der Waals surface area contributed by atoms with Crippen molar-refractivity contribution in [3.8, 4) is 17.2 Å². The largest absolute Gasteiger partial charge is 0.508 e. The van der Waals surface area contributed by atoms with Crippen LogP contribution in [-0.4, -0.2) is 10.1 Å². The van der Waals surface area contributed by atoms with Gasteiger partial charge in [-0.05, 0) is 36.8 Å². The Morgan fingerprint density at radius 1 is 1.19 bits per heavy atom. The van der Waals surface area contributed by atoms with Crippen molar-refractivity contribution < 1.29 is 9.84 Å². The Hall–Kier alpha value is -1.68. The maximum atomic E-state index is 9.41. The molecule has 0 saturated heterocycles. The summed E-state index contributed by atoms with van der Waals surface area (Å²) in [5, 5.41) is 10.0. The first-order valence-corrected chi connectivity index (χ1v) is 5.22. The molecule has 3 nitrogen and oxygen atoms in total. The average Bonchev–Trinajstić information content (AvgIpc) is 2.20. The van der Waals surface area contributed by atoms with Gasteiger partial charge in [0.1, 0.15) is 17.2 Å². The number of aromatic nitrogens is 1. The molecule has 1 aromatic heterocycles. The number of thiol groups is 1. The maximum Gasteiger partial charge on any atom is 0.145 e. The van der Waals surface area contributed by atoms with E-state index in [9.17, 15) is 5.11 Å². The van der Waals surface area contributed by atoms with Gasteiger partial charge < -0.3 is 9.84 Å². The second kappa shape index (κ2) is 4.45. The molecule has 0 fully saturated rings. The van der Waals surface area contributed by atoms with Gasteiger partial charge in [0, 0.05) is 6.07 Å². The first-order valence-electron chi connectivity index (χ1n) is 4.77. The van der Waals surface area contributed by atoms with Gasteiger partial charge in [-0.2, -0.15) is 0 Å². The third kappa shape index (κ3) is 2.67. The van der Waals surface area contributed by atoms with Crippen molar-refractivity contribution in [2.24, 2.45) is 0 Å². The maximum absolute atomic E-state index is 9.41. The number of hydrogen-bond acceptors (Lipinski definition) is 4. The molecule has 0 aliphatic heterocycles. The van der Waals surface area contributed by atoms with Gasteiger partial charge in [0.2, 0.25) is 0 Å². The third-order valence-corrected chi connectivity index (χ3v) is 2.26. The van der Waals surface area contributed by atoms with E-state index in [2.05, 4.69) is 17.6 Å². The first-order chi connectivity index (χ1) is 7.63. The second-order valence-corrected chi connectivity index (χ2v) is 3.92. The van der Waals surface area contributed by atoms with E-state index in [-0.39, 0.29) is 5.75 Å². The smallest absolute Gasteiger partial charge is 0.145 e. The molecule has 16 heavy (non-hydrogen) atoms. The highest BCUT2D eigenvalue weighted by atomic mass is 32.1. The lowest BCUT2D eigenvalue weighted by Crippen LogP contribution is -1.86. The summed E-state index contributed by atoms with van der Waals surface area (Å²) in [6, 6.07) is 8.58. The van der Waals surface area contributed by atoms with Gasteiger partial charge in [-0.15, -0.1) is 12.6 Å². The number of aryl methyl sites for hydroxylation is 1. The zero-order valence-electron chi connectivity index (χ0n) is 8.71. The van der Waals surface area contributed by atoms with E-state index in [0.717, 1.165) is 5.56 Å². The normalized spacial score (nSPS) is 10.1. The Morgan fingerprint density at radius 3 is 2.62 bits per heavy atom. The summed E-state index contributed by atoms with van der Waals surface area (Å²) in [6.45, 7) is 1.89. The molecule has 2 aromatic rings. The molecule has 0 amide bonds. The molecule has 0 unspecified atom stereocenters. The summed E-state index contributed by atoms with van der Waals surface area (Å²) < 4.78 is 5.54. The lowest BCUT2D eigenvalue weighted by atomic mass is 10.2. The Bertz CT molecular complexity index is 477. The van der Waals surface area contributed by atoms with Crippen LogP contribution >= 0.6 is 12.6 Å². The minimum Gasteiger partial charge on any atom is -0.508 e. The lowest BCUT2D eigenvalue weighted by molar-refractivity contribution is 0.453. The van der Waals surface area contributed by atoms with E-state index in [4.69, 9.17) is 4.74 Å². The molecule has 1 heterocycles. The fourth-order valence-electron chi connectivity index (χ4n) is 1.36. The average molecular weight is 233 g/mol. The Kier molecular flexibility index (Phi) is 3.01. The number of hydrogen-bond donors (Lipinski definition) is 2. The van der Waals surface area contributed by atoms with Crippen molar-refractivity contribution in [2.45, 2.75) is 11.9 Å². The first kappa shape index (κ1) is 10.8. The van der Waals surface area contributed by atoms with Crippen LogP contribution in [0.4, 0.5) is 0 Å². The highest BCUT2D eigenvalue weighted by molar-refractivity contribution is 7.80. The minimum atomic E-state index is 0.189. The number of nitrogens with zero attached hydrogens (tertiary/aromatic N) is 1. The predicted molar refractivity (Wildman–Crippen MR) is 64.4 cm³/mol. The zero-order valence-corrected chi connectivity index (χ0v) is 9.61. The fourth-order valence-corrected chi connectivity index (χ4v) is 1.49. The summed E-state index contributed by atoms with van der Waals surface area (Å²) in [7, 11) is 0. The number of phenolic OH excluding ortho intramolecular Hbond substituents is 1. The summed E-state index contributed by atoms with van der Waals surface area (Å²) in [6.07, 6.45) is 1.59. The van der Waals surface area contributed by atoms with E-state index < -0.39 is 0 Å². The monoisotopic (exact) mass is 233 g/mol. The molecule has 0 aliphatic rings. The van der Waals surface area contributed by atoms with Crippen molar-refractivity contribution in [1.82, 2.24) is 4.98 Å². The molecule has 0 spiro atoms. The molecule has 0 bridgehead atoms. The lowest BCUT2D eigenvalue weighted by Gasteiger charge is -2.06. The van der Waals surface area contributed by atoms with Crippen LogP contribution in [0.3, 0.4) is 0 Å². The number of pyridine rings is 1. The number of aromatic hydroxyl groups is 1. The van der Waals surface area contributed by atoms with Gasteiger partial charge in [0.25, 0.3) is 0 Å².